The summed E-state index contributed by atoms with van der Waals surface area (Å²) in [5, 5.41) is 6.80. The molecule has 1 fully saturated rings. The third-order valence-corrected chi connectivity index (χ3v) is 4.28. The number of rotatable bonds is 3. The highest BCUT2D eigenvalue weighted by atomic mass is 35.5. The Morgan fingerprint density at radius 2 is 1.88 bits per heavy atom. The Morgan fingerprint density at radius 3 is 2.50 bits per heavy atom. The summed E-state index contributed by atoms with van der Waals surface area (Å²) in [5.41, 5.74) is 1.96. The first kappa shape index (κ1) is 18.7. The molecule has 134 valence electrons. The number of anilines is 2. The molecule has 0 spiro atoms. The van der Waals surface area contributed by atoms with Crippen molar-refractivity contribution in [1.29, 1.82) is 0 Å². The van der Waals surface area contributed by atoms with Crippen molar-refractivity contribution in [3.05, 3.63) is 11.4 Å². The van der Waals surface area contributed by atoms with Gasteiger partial charge in [0.25, 0.3) is 0 Å². The number of hydrogen-bond acceptors (Lipinski definition) is 6. The maximum atomic E-state index is 11.6. The Labute approximate surface area is 149 Å². The number of nitrogens with zero attached hydrogens (tertiary/aromatic N) is 4. The lowest BCUT2D eigenvalue weighted by atomic mass is 10.1. The van der Waals surface area contributed by atoms with E-state index in [0.717, 1.165) is 62.2 Å². The third-order valence-electron chi connectivity index (χ3n) is 4.28. The fraction of sp³-hybridized carbons (Fsp3) is 0.688. The summed E-state index contributed by atoms with van der Waals surface area (Å²) >= 11 is 0. The largest absolute Gasteiger partial charge is 0.365 e. The van der Waals surface area contributed by atoms with Crippen molar-refractivity contribution >= 4 is 29.9 Å². The molecule has 1 aromatic rings. The van der Waals surface area contributed by atoms with Gasteiger partial charge in [-0.1, -0.05) is 0 Å². The molecule has 0 aliphatic carbocycles. The average Bonchev–Trinajstić information content (AvgIpc) is 2.54. The van der Waals surface area contributed by atoms with Gasteiger partial charge in [-0.2, -0.15) is 0 Å². The predicted octanol–water partition coefficient (Wildman–Crippen LogP) is 1.03. The summed E-state index contributed by atoms with van der Waals surface area (Å²) in [6.45, 7) is 10.9. The zero-order chi connectivity index (χ0) is 16.4. The number of hydrogen-bond donors (Lipinski definition) is 2. The average molecular weight is 355 g/mol. The minimum absolute atomic E-state index is 0. The fourth-order valence-electron chi connectivity index (χ4n) is 3.06. The number of aromatic nitrogens is 2. The molecule has 8 heteroatoms. The molecule has 1 amide bonds. The van der Waals surface area contributed by atoms with Crippen molar-refractivity contribution in [3.8, 4) is 0 Å². The van der Waals surface area contributed by atoms with Crippen LogP contribution in [-0.2, 0) is 17.8 Å². The number of amides is 1. The molecule has 0 atom stereocenters. The van der Waals surface area contributed by atoms with Crippen LogP contribution >= 0.6 is 12.4 Å². The van der Waals surface area contributed by atoms with E-state index in [4.69, 9.17) is 9.97 Å². The molecule has 7 nitrogen and oxygen atoms in total. The van der Waals surface area contributed by atoms with Crippen LogP contribution in [0.25, 0.3) is 0 Å². The molecular formula is C16H27ClN6O. The Kier molecular flexibility index (Phi) is 6.23. The lowest BCUT2D eigenvalue weighted by molar-refractivity contribution is -0.129. The third kappa shape index (κ3) is 4.08. The second-order valence-corrected chi connectivity index (χ2v) is 6.52. The van der Waals surface area contributed by atoms with E-state index in [1.54, 1.807) is 6.92 Å². The summed E-state index contributed by atoms with van der Waals surface area (Å²) in [4.78, 5) is 25.5. The maximum Gasteiger partial charge on any atom is 0.219 e. The van der Waals surface area contributed by atoms with Crippen LogP contribution in [0, 0.1) is 0 Å². The second kappa shape index (κ2) is 7.98. The molecule has 0 saturated carbocycles. The molecule has 0 bridgehead atoms. The monoisotopic (exact) mass is 354 g/mol. The van der Waals surface area contributed by atoms with E-state index in [1.807, 2.05) is 4.90 Å². The first-order chi connectivity index (χ1) is 11.0. The molecule has 2 aliphatic rings. The van der Waals surface area contributed by atoms with Crippen molar-refractivity contribution < 1.29 is 4.79 Å². The van der Waals surface area contributed by atoms with E-state index in [9.17, 15) is 4.79 Å². The van der Waals surface area contributed by atoms with Crippen LogP contribution in [0.3, 0.4) is 0 Å². The van der Waals surface area contributed by atoms with Gasteiger partial charge in [-0.25, -0.2) is 9.97 Å². The zero-order valence-corrected chi connectivity index (χ0v) is 15.4. The summed E-state index contributed by atoms with van der Waals surface area (Å²) in [6.07, 6.45) is 0.781. The Morgan fingerprint density at radius 1 is 1.17 bits per heavy atom. The standard InChI is InChI=1S/C16H26N6O.ClH/c1-11(2)18-15-16(21-8-5-17-6-9-21)20-13-4-7-22(12(3)23)10-14(13)19-15;/h11,17H,4-10H2,1-3H3,(H,18,19);1H. The lowest BCUT2D eigenvalue weighted by Gasteiger charge is -2.33. The van der Waals surface area contributed by atoms with E-state index in [0.29, 0.717) is 6.54 Å². The first-order valence-corrected chi connectivity index (χ1v) is 8.42. The van der Waals surface area contributed by atoms with Gasteiger partial charge in [-0.15, -0.1) is 12.4 Å². The van der Waals surface area contributed by atoms with Crippen molar-refractivity contribution in [1.82, 2.24) is 20.2 Å². The number of fused-ring (bicyclic) bond motifs is 1. The smallest absolute Gasteiger partial charge is 0.219 e. The highest BCUT2D eigenvalue weighted by Gasteiger charge is 2.25. The van der Waals surface area contributed by atoms with Gasteiger partial charge in [-0.3, -0.25) is 4.79 Å². The lowest BCUT2D eigenvalue weighted by Crippen LogP contribution is -2.44. The van der Waals surface area contributed by atoms with Crippen LogP contribution < -0.4 is 15.5 Å². The summed E-state index contributed by atoms with van der Waals surface area (Å²) in [7, 11) is 0. The molecule has 3 rings (SSSR count). The van der Waals surface area contributed by atoms with E-state index < -0.39 is 0 Å². The molecule has 24 heavy (non-hydrogen) atoms. The summed E-state index contributed by atoms with van der Waals surface area (Å²) < 4.78 is 0. The van der Waals surface area contributed by atoms with Gasteiger partial charge in [-0.05, 0) is 13.8 Å². The van der Waals surface area contributed by atoms with Gasteiger partial charge < -0.3 is 20.4 Å². The van der Waals surface area contributed by atoms with Crippen LogP contribution in [0.4, 0.5) is 11.6 Å². The molecule has 2 aliphatic heterocycles. The quantitative estimate of drug-likeness (QED) is 0.844. The Bertz CT molecular complexity index is 588. The van der Waals surface area contributed by atoms with E-state index >= 15 is 0 Å². The molecule has 2 N–H and O–H groups in total. The van der Waals surface area contributed by atoms with Crippen molar-refractivity contribution in [2.45, 2.75) is 39.8 Å². The number of carbonyl (C=O) groups excluding carboxylic acids is 1. The number of piperazine rings is 1. The summed E-state index contributed by atoms with van der Waals surface area (Å²) in [6, 6.07) is 0.288. The molecule has 1 aromatic heterocycles. The van der Waals surface area contributed by atoms with Crippen LogP contribution in [0.1, 0.15) is 32.2 Å². The number of carbonyl (C=O) groups is 1. The van der Waals surface area contributed by atoms with Crippen LogP contribution in [0.15, 0.2) is 0 Å². The minimum Gasteiger partial charge on any atom is -0.365 e. The molecule has 1 saturated heterocycles. The molecule has 0 radical (unpaired) electrons. The molecule has 0 unspecified atom stereocenters. The zero-order valence-electron chi connectivity index (χ0n) is 14.6. The van der Waals surface area contributed by atoms with Gasteiger partial charge in [0.05, 0.1) is 17.9 Å². The van der Waals surface area contributed by atoms with Gasteiger partial charge in [0, 0.05) is 52.1 Å². The molecule has 3 heterocycles. The van der Waals surface area contributed by atoms with Gasteiger partial charge in [0.2, 0.25) is 5.91 Å². The predicted molar refractivity (Wildman–Crippen MR) is 97.9 cm³/mol. The highest BCUT2D eigenvalue weighted by Crippen LogP contribution is 2.27. The second-order valence-electron chi connectivity index (χ2n) is 6.52. The van der Waals surface area contributed by atoms with Crippen LogP contribution in [-0.4, -0.2) is 59.5 Å². The highest BCUT2D eigenvalue weighted by molar-refractivity contribution is 5.85. The van der Waals surface area contributed by atoms with Gasteiger partial charge in [0.1, 0.15) is 0 Å². The van der Waals surface area contributed by atoms with Crippen molar-refractivity contribution in [2.24, 2.45) is 0 Å². The van der Waals surface area contributed by atoms with Crippen molar-refractivity contribution in [2.75, 3.05) is 42.9 Å². The van der Waals surface area contributed by atoms with Crippen molar-refractivity contribution in [3.63, 3.8) is 0 Å². The van der Waals surface area contributed by atoms with Crippen LogP contribution in [0.2, 0.25) is 0 Å². The number of nitrogens with one attached hydrogen (secondary N) is 2. The number of halogens is 1. The molecule has 0 aromatic carbocycles. The van der Waals surface area contributed by atoms with E-state index in [1.165, 1.54) is 0 Å². The van der Waals surface area contributed by atoms with E-state index in [2.05, 4.69) is 29.4 Å². The Hall–Kier alpha value is -1.60. The van der Waals surface area contributed by atoms with Crippen LogP contribution in [0.5, 0.6) is 0 Å². The van der Waals surface area contributed by atoms with E-state index in [-0.39, 0.29) is 24.4 Å². The van der Waals surface area contributed by atoms with Gasteiger partial charge >= 0.3 is 0 Å². The molecular weight excluding hydrogens is 328 g/mol. The summed E-state index contributed by atoms with van der Waals surface area (Å²) in [5.74, 6) is 1.89. The SMILES string of the molecule is CC(=O)N1CCc2nc(N3CCNCC3)c(NC(C)C)nc2C1.Cl. The normalized spacial score (nSPS) is 17.3. The first-order valence-electron chi connectivity index (χ1n) is 8.42. The topological polar surface area (TPSA) is 73.4 Å². The van der Waals surface area contributed by atoms with Gasteiger partial charge in [0.15, 0.2) is 11.6 Å². The Balaban J connectivity index is 0.00000208. The fourth-order valence-corrected chi connectivity index (χ4v) is 3.06. The maximum absolute atomic E-state index is 11.6. The minimum atomic E-state index is 0.